The van der Waals surface area contributed by atoms with Crippen molar-refractivity contribution >= 4 is 43.4 Å². The minimum atomic E-state index is -4.42. The van der Waals surface area contributed by atoms with Crippen molar-refractivity contribution in [3.63, 3.8) is 0 Å². The molecule has 3 aromatic rings. The number of hydrogen-bond acceptors (Lipinski definition) is 0. The normalized spacial score (nSPS) is 20.3. The number of halogens is 2. The molecule has 0 aromatic heterocycles. The first-order valence-electron chi connectivity index (χ1n) is 17.4. The maximum atomic E-state index is 5.71. The first-order valence-corrected chi connectivity index (χ1v) is 24.5. The fourth-order valence-electron chi connectivity index (χ4n) is 11.1. The Balaban J connectivity index is 0.00000217. The molecule has 0 saturated carbocycles. The summed E-state index contributed by atoms with van der Waals surface area (Å²) < 4.78 is 11.7. The van der Waals surface area contributed by atoms with E-state index in [-0.39, 0.29) is 35.6 Å². The van der Waals surface area contributed by atoms with Gasteiger partial charge in [-0.3, -0.25) is 0 Å². The molecule has 0 amide bonds. The molecule has 0 bridgehead atoms. The van der Waals surface area contributed by atoms with Crippen molar-refractivity contribution in [2.24, 2.45) is 11.8 Å². The Morgan fingerprint density at radius 1 is 0.809 bits per heavy atom. The third-order valence-electron chi connectivity index (χ3n) is 12.8. The molecule has 7 rings (SSSR count). The standard InChI is InChI=1S/C25H25.C10H15.C6H5.C2H5.CH2.2ClH.Zr/c1-14-12-24(3,4)22-8-16-7-17-9-23-19(15(2)13-25(23,5)6)11-21(17)20(16)10-18(14)22;1-7(2)10-6-8(3)5-9(10)4;1-2-4-6-5-3-1;1-2;;;;/h8-12H,7H2,1-6H3;6-8H,1-4H3;1-5H;1H2,2H3;1H2;2*1H;. The summed E-state index contributed by atoms with van der Waals surface area (Å²) in [6.07, 6.45) is 6.06. The van der Waals surface area contributed by atoms with E-state index in [4.69, 9.17) is 4.21 Å². The van der Waals surface area contributed by atoms with E-state index in [0.717, 1.165) is 10.5 Å². The van der Waals surface area contributed by atoms with E-state index in [1.807, 2.05) is 0 Å². The van der Waals surface area contributed by atoms with Crippen LogP contribution in [0.1, 0.15) is 110 Å². The Morgan fingerprint density at radius 2 is 1.38 bits per heavy atom. The topological polar surface area (TPSA) is 0 Å². The molecule has 4 aliphatic carbocycles. The van der Waals surface area contributed by atoms with Gasteiger partial charge >= 0.3 is 275 Å². The number of hydrogen-bond donors (Lipinski definition) is 0. The first-order chi connectivity index (χ1) is 21.1. The van der Waals surface area contributed by atoms with Crippen molar-refractivity contribution in [3.05, 3.63) is 118 Å². The number of benzene rings is 3. The van der Waals surface area contributed by atoms with Crippen molar-refractivity contribution in [2.45, 2.75) is 97.5 Å². The summed E-state index contributed by atoms with van der Waals surface area (Å²) in [5.41, 5.74) is 17.8. The molecule has 0 spiro atoms. The van der Waals surface area contributed by atoms with Crippen molar-refractivity contribution in [1.82, 2.24) is 0 Å². The van der Waals surface area contributed by atoms with E-state index >= 15 is 0 Å². The second kappa shape index (κ2) is 11.5. The van der Waals surface area contributed by atoms with Crippen LogP contribution in [-0.2, 0) is 35.5 Å². The van der Waals surface area contributed by atoms with Crippen LogP contribution in [0.4, 0.5) is 0 Å². The molecule has 4 aliphatic rings. The van der Waals surface area contributed by atoms with Gasteiger partial charge < -0.3 is 0 Å². The summed E-state index contributed by atoms with van der Waals surface area (Å²) >= 11 is -4.42. The van der Waals surface area contributed by atoms with Crippen LogP contribution in [0.3, 0.4) is 0 Å². The molecule has 0 aliphatic heterocycles. The third-order valence-corrected chi connectivity index (χ3v) is 31.5. The quantitative estimate of drug-likeness (QED) is 0.191. The summed E-state index contributed by atoms with van der Waals surface area (Å²) in [5, 5.41) is 0. The predicted octanol–water partition coefficient (Wildman–Crippen LogP) is 12.2. The fraction of sp³-hybridized carbons (Fsp3) is 0.386. The summed E-state index contributed by atoms with van der Waals surface area (Å²) in [5.74, 6) is 0.924. The van der Waals surface area contributed by atoms with Gasteiger partial charge in [-0.15, -0.1) is 24.8 Å². The zero-order valence-electron chi connectivity index (χ0n) is 30.4. The second-order valence-electron chi connectivity index (χ2n) is 16.5. The summed E-state index contributed by atoms with van der Waals surface area (Å²) in [4.78, 5) is 0. The van der Waals surface area contributed by atoms with Gasteiger partial charge in [0.1, 0.15) is 0 Å². The molecule has 1 atom stereocenters. The van der Waals surface area contributed by atoms with Crippen LogP contribution in [0, 0.1) is 11.8 Å². The molecular weight excluding hydrogens is 691 g/mol. The van der Waals surface area contributed by atoms with Gasteiger partial charge in [0, 0.05) is 0 Å². The molecule has 0 N–H and O–H groups in total. The number of rotatable bonds is 5. The van der Waals surface area contributed by atoms with Crippen LogP contribution in [0.15, 0.2) is 84.5 Å². The maximum absolute atomic E-state index is 5.71. The average Bonchev–Trinajstić information content (AvgIpc) is 3.63. The summed E-state index contributed by atoms with van der Waals surface area (Å²) in [7, 11) is 0. The zero-order chi connectivity index (χ0) is 32.5. The molecule has 3 aromatic carbocycles. The number of allylic oxidation sites excluding steroid dienone is 8. The summed E-state index contributed by atoms with van der Waals surface area (Å²) in [6.45, 7) is 26.6. The Morgan fingerprint density at radius 3 is 1.94 bits per heavy atom. The van der Waals surface area contributed by atoms with E-state index in [1.165, 1.54) is 70.1 Å². The van der Waals surface area contributed by atoms with Crippen LogP contribution in [-0.4, -0.2) is 4.21 Å². The van der Waals surface area contributed by atoms with Gasteiger partial charge in [0.2, 0.25) is 0 Å². The van der Waals surface area contributed by atoms with Gasteiger partial charge in [-0.05, 0) is 0 Å². The van der Waals surface area contributed by atoms with Gasteiger partial charge in [0.05, 0.1) is 0 Å². The Kier molecular flexibility index (Phi) is 8.87. The fourth-order valence-corrected chi connectivity index (χ4v) is 30.5. The Bertz CT molecular complexity index is 2030. The third kappa shape index (κ3) is 4.65. The van der Waals surface area contributed by atoms with Gasteiger partial charge in [0.25, 0.3) is 0 Å². The second-order valence-corrected chi connectivity index (χ2v) is 30.5. The van der Waals surface area contributed by atoms with Crippen LogP contribution in [0.25, 0.3) is 22.3 Å². The van der Waals surface area contributed by atoms with Gasteiger partial charge in [-0.2, -0.15) is 0 Å². The van der Waals surface area contributed by atoms with Crippen LogP contribution in [0.5, 0.6) is 0 Å². The molecule has 0 saturated heterocycles. The van der Waals surface area contributed by atoms with Gasteiger partial charge in [-0.25, -0.2) is 0 Å². The van der Waals surface area contributed by atoms with Crippen molar-refractivity contribution in [3.8, 4) is 11.1 Å². The number of fused-ring (bicyclic) bond motifs is 5. The summed E-state index contributed by atoms with van der Waals surface area (Å²) in [6, 6.07) is 21.8. The van der Waals surface area contributed by atoms with E-state index in [9.17, 15) is 0 Å². The van der Waals surface area contributed by atoms with E-state index in [2.05, 4.69) is 143 Å². The van der Waals surface area contributed by atoms with Crippen molar-refractivity contribution in [1.29, 1.82) is 0 Å². The Hall–Kier alpha value is -2.05. The monoisotopic (exact) mass is 742 g/mol. The molecular formula is C44H54Cl2Zr. The minimum absolute atomic E-state index is 0. The zero-order valence-corrected chi connectivity index (χ0v) is 34.5. The first kappa shape index (κ1) is 36.2. The van der Waals surface area contributed by atoms with Crippen LogP contribution in [0.2, 0.25) is 4.13 Å². The molecule has 47 heavy (non-hydrogen) atoms. The van der Waals surface area contributed by atoms with E-state index < -0.39 is 18.3 Å². The van der Waals surface area contributed by atoms with Crippen LogP contribution >= 0.6 is 24.8 Å². The van der Waals surface area contributed by atoms with Gasteiger partial charge in [0.15, 0.2) is 0 Å². The van der Waals surface area contributed by atoms with Crippen LogP contribution < -0.4 is 3.27 Å². The van der Waals surface area contributed by atoms with E-state index in [1.54, 1.807) is 6.56 Å². The molecule has 0 fully saturated rings. The molecule has 3 heteroatoms. The predicted molar refractivity (Wildman–Crippen MR) is 210 cm³/mol. The van der Waals surface area contributed by atoms with Gasteiger partial charge in [-0.1, -0.05) is 0 Å². The molecule has 0 heterocycles. The van der Waals surface area contributed by atoms with E-state index in [0.29, 0.717) is 11.8 Å². The average molecular weight is 745 g/mol. The molecule has 0 radical (unpaired) electrons. The molecule has 1 unspecified atom stereocenters. The van der Waals surface area contributed by atoms with Crippen molar-refractivity contribution in [2.75, 3.05) is 0 Å². The Labute approximate surface area is 298 Å². The SMILES string of the molecule is Cl.Cl.[CH2]=[Zr]([CH2]C)([C]1=C(C)C(C(C)C)=CC1C)([C]1=C(C)c2cc3c(cc2C1(C)C)Cc1cc2c(cc1-3)C(C)=CC2(C)C)[c]1ccccc1. The molecule has 0 nitrogen and oxygen atoms in total. The van der Waals surface area contributed by atoms with Crippen molar-refractivity contribution < 1.29 is 18.3 Å². The molecule has 248 valence electrons.